The van der Waals surface area contributed by atoms with E-state index in [1.54, 1.807) is 6.20 Å². The summed E-state index contributed by atoms with van der Waals surface area (Å²) in [5.41, 5.74) is 3.08. The lowest BCUT2D eigenvalue weighted by molar-refractivity contribution is 0.0628. The maximum Gasteiger partial charge on any atom is 0.255 e. The van der Waals surface area contributed by atoms with E-state index < -0.39 is 0 Å². The molecule has 1 saturated heterocycles. The highest BCUT2D eigenvalue weighted by Gasteiger charge is 2.23. The fraction of sp³-hybridized carbons (Fsp3) is 0.478. The summed E-state index contributed by atoms with van der Waals surface area (Å²) in [5, 5.41) is 0. The van der Waals surface area contributed by atoms with E-state index >= 15 is 0 Å². The lowest BCUT2D eigenvalue weighted by Gasteiger charge is -2.35. The Morgan fingerprint density at radius 3 is 2.32 bits per heavy atom. The summed E-state index contributed by atoms with van der Waals surface area (Å²) >= 11 is 0. The van der Waals surface area contributed by atoms with Crippen LogP contribution in [0.1, 0.15) is 42.6 Å². The van der Waals surface area contributed by atoms with Gasteiger partial charge in [-0.05, 0) is 24.5 Å². The SMILES string of the molecule is CCCN(CCC)c1cncc(C(=O)N2CCN(Cc3ccccc3)CC2)c1. The molecule has 1 aliphatic rings. The second-order valence-corrected chi connectivity index (χ2v) is 7.47. The molecule has 5 heteroatoms. The number of carbonyl (C=O) groups is 1. The van der Waals surface area contributed by atoms with Crippen LogP contribution in [-0.2, 0) is 6.54 Å². The number of nitrogens with zero attached hydrogens (tertiary/aromatic N) is 4. The molecular weight excluding hydrogens is 348 g/mol. The van der Waals surface area contributed by atoms with Gasteiger partial charge < -0.3 is 9.80 Å². The first-order chi connectivity index (χ1) is 13.7. The number of hydrogen-bond donors (Lipinski definition) is 0. The lowest BCUT2D eigenvalue weighted by Crippen LogP contribution is -2.48. The molecular formula is C23H32N4O. The van der Waals surface area contributed by atoms with E-state index in [9.17, 15) is 4.79 Å². The van der Waals surface area contributed by atoms with Crippen LogP contribution in [0.4, 0.5) is 5.69 Å². The largest absolute Gasteiger partial charge is 0.370 e. The quantitative estimate of drug-likeness (QED) is 0.701. The third kappa shape index (κ3) is 5.32. The molecule has 0 unspecified atom stereocenters. The van der Waals surface area contributed by atoms with Crippen LogP contribution in [0.15, 0.2) is 48.8 Å². The van der Waals surface area contributed by atoms with Gasteiger partial charge in [0, 0.05) is 52.0 Å². The molecule has 1 aliphatic heterocycles. The minimum absolute atomic E-state index is 0.0988. The van der Waals surface area contributed by atoms with Crippen molar-refractivity contribution in [3.05, 3.63) is 59.9 Å². The number of anilines is 1. The highest BCUT2D eigenvalue weighted by Crippen LogP contribution is 2.18. The van der Waals surface area contributed by atoms with E-state index in [4.69, 9.17) is 0 Å². The molecule has 3 rings (SSSR count). The van der Waals surface area contributed by atoms with Crippen molar-refractivity contribution in [2.45, 2.75) is 33.2 Å². The smallest absolute Gasteiger partial charge is 0.255 e. The third-order valence-corrected chi connectivity index (χ3v) is 5.23. The summed E-state index contributed by atoms with van der Waals surface area (Å²) < 4.78 is 0. The van der Waals surface area contributed by atoms with Crippen molar-refractivity contribution in [1.29, 1.82) is 0 Å². The topological polar surface area (TPSA) is 39.7 Å². The van der Waals surface area contributed by atoms with Gasteiger partial charge in [-0.3, -0.25) is 14.7 Å². The molecule has 2 aromatic rings. The molecule has 0 N–H and O–H groups in total. The van der Waals surface area contributed by atoms with E-state index in [-0.39, 0.29) is 5.91 Å². The van der Waals surface area contributed by atoms with Crippen LogP contribution < -0.4 is 4.90 Å². The van der Waals surface area contributed by atoms with Crippen LogP contribution in [0, 0.1) is 0 Å². The van der Waals surface area contributed by atoms with Crippen molar-refractivity contribution >= 4 is 11.6 Å². The molecule has 0 aliphatic carbocycles. The maximum atomic E-state index is 13.0. The van der Waals surface area contributed by atoms with Gasteiger partial charge in [-0.2, -0.15) is 0 Å². The van der Waals surface area contributed by atoms with Gasteiger partial charge in [0.25, 0.3) is 5.91 Å². The third-order valence-electron chi connectivity index (χ3n) is 5.23. The molecule has 0 spiro atoms. The summed E-state index contributed by atoms with van der Waals surface area (Å²) in [4.78, 5) is 24.1. The summed E-state index contributed by atoms with van der Waals surface area (Å²) in [6.07, 6.45) is 5.75. The Kier molecular flexibility index (Phi) is 7.43. The molecule has 1 fully saturated rings. The first kappa shape index (κ1) is 20.3. The standard InChI is InChI=1S/C23H32N4O/c1-3-10-26(11-4-2)22-16-21(17-24-18-22)23(28)27-14-12-25(13-15-27)19-20-8-6-5-7-9-20/h5-9,16-18H,3-4,10-15,19H2,1-2H3. The molecule has 1 amide bonds. The van der Waals surface area contributed by atoms with Crippen LogP contribution in [0.3, 0.4) is 0 Å². The number of rotatable bonds is 8. The van der Waals surface area contributed by atoms with E-state index in [0.717, 1.165) is 64.3 Å². The predicted molar refractivity (Wildman–Crippen MR) is 115 cm³/mol. The van der Waals surface area contributed by atoms with Crippen molar-refractivity contribution in [3.8, 4) is 0 Å². The average Bonchev–Trinajstić information content (AvgIpc) is 2.74. The van der Waals surface area contributed by atoms with Crippen molar-refractivity contribution in [2.75, 3.05) is 44.2 Å². The highest BCUT2D eigenvalue weighted by atomic mass is 16.2. The maximum absolute atomic E-state index is 13.0. The van der Waals surface area contributed by atoms with Crippen molar-refractivity contribution in [1.82, 2.24) is 14.8 Å². The van der Waals surface area contributed by atoms with Crippen LogP contribution in [-0.4, -0.2) is 60.0 Å². The van der Waals surface area contributed by atoms with Crippen LogP contribution in [0.5, 0.6) is 0 Å². The molecule has 5 nitrogen and oxygen atoms in total. The zero-order valence-corrected chi connectivity index (χ0v) is 17.2. The summed E-state index contributed by atoms with van der Waals surface area (Å²) in [5.74, 6) is 0.0988. The molecule has 0 bridgehead atoms. The molecule has 2 heterocycles. The van der Waals surface area contributed by atoms with Crippen molar-refractivity contribution in [2.24, 2.45) is 0 Å². The van der Waals surface area contributed by atoms with E-state index in [1.807, 2.05) is 23.2 Å². The number of amides is 1. The Labute approximate surface area is 169 Å². The number of carbonyl (C=O) groups excluding carboxylic acids is 1. The Hall–Kier alpha value is -2.40. The summed E-state index contributed by atoms with van der Waals surface area (Å²) in [6, 6.07) is 12.5. The van der Waals surface area contributed by atoms with Crippen molar-refractivity contribution < 1.29 is 4.79 Å². The normalized spacial score (nSPS) is 14.9. The number of piperazine rings is 1. The number of pyridine rings is 1. The Morgan fingerprint density at radius 2 is 1.68 bits per heavy atom. The lowest BCUT2D eigenvalue weighted by atomic mass is 10.1. The van der Waals surface area contributed by atoms with E-state index in [2.05, 4.69) is 52.9 Å². The molecule has 1 aromatic carbocycles. The summed E-state index contributed by atoms with van der Waals surface area (Å²) in [6.45, 7) is 10.6. The molecule has 0 saturated carbocycles. The number of benzene rings is 1. The molecule has 1 aromatic heterocycles. The van der Waals surface area contributed by atoms with E-state index in [0.29, 0.717) is 5.56 Å². The fourth-order valence-corrected chi connectivity index (χ4v) is 3.76. The second-order valence-electron chi connectivity index (χ2n) is 7.47. The second kappa shape index (κ2) is 10.2. The minimum atomic E-state index is 0.0988. The van der Waals surface area contributed by atoms with E-state index in [1.165, 1.54) is 5.56 Å². The van der Waals surface area contributed by atoms with Gasteiger partial charge in [0.2, 0.25) is 0 Å². The predicted octanol–water partition coefficient (Wildman–Crippen LogP) is 3.67. The van der Waals surface area contributed by atoms with Gasteiger partial charge >= 0.3 is 0 Å². The van der Waals surface area contributed by atoms with Crippen LogP contribution >= 0.6 is 0 Å². The van der Waals surface area contributed by atoms with Gasteiger partial charge in [-0.25, -0.2) is 0 Å². The molecule has 28 heavy (non-hydrogen) atoms. The average molecular weight is 381 g/mol. The van der Waals surface area contributed by atoms with Crippen LogP contribution in [0.2, 0.25) is 0 Å². The number of hydrogen-bond acceptors (Lipinski definition) is 4. The summed E-state index contributed by atoms with van der Waals surface area (Å²) in [7, 11) is 0. The van der Waals surface area contributed by atoms with Crippen molar-refractivity contribution in [3.63, 3.8) is 0 Å². The monoisotopic (exact) mass is 380 g/mol. The first-order valence-corrected chi connectivity index (χ1v) is 10.5. The fourth-order valence-electron chi connectivity index (χ4n) is 3.76. The van der Waals surface area contributed by atoms with Gasteiger partial charge in [-0.1, -0.05) is 44.2 Å². The van der Waals surface area contributed by atoms with Gasteiger partial charge in [-0.15, -0.1) is 0 Å². The van der Waals surface area contributed by atoms with Gasteiger partial charge in [0.05, 0.1) is 17.4 Å². The van der Waals surface area contributed by atoms with Gasteiger partial charge in [0.15, 0.2) is 0 Å². The Bertz CT molecular complexity index is 735. The zero-order valence-electron chi connectivity index (χ0n) is 17.2. The zero-order chi connectivity index (χ0) is 19.8. The number of aromatic nitrogens is 1. The van der Waals surface area contributed by atoms with Crippen LogP contribution in [0.25, 0.3) is 0 Å². The first-order valence-electron chi connectivity index (χ1n) is 10.5. The van der Waals surface area contributed by atoms with Gasteiger partial charge in [0.1, 0.15) is 0 Å². The minimum Gasteiger partial charge on any atom is -0.370 e. The molecule has 0 atom stereocenters. The highest BCUT2D eigenvalue weighted by molar-refractivity contribution is 5.94. The Balaban J connectivity index is 1.59. The molecule has 150 valence electrons. The Morgan fingerprint density at radius 1 is 1.00 bits per heavy atom. The molecule has 0 radical (unpaired) electrons.